The lowest BCUT2D eigenvalue weighted by atomic mass is 9.82. The Balaban J connectivity index is 2.06. The fraction of sp³-hybridized carbons (Fsp3) is 0.625. The smallest absolute Gasteiger partial charge is 0.119 e. The third-order valence-corrected chi connectivity index (χ3v) is 3.73. The number of hydrogen-bond donors (Lipinski definition) is 1. The highest BCUT2D eigenvalue weighted by Gasteiger charge is 2.20. The van der Waals surface area contributed by atoms with Crippen molar-refractivity contribution in [3.8, 4) is 5.75 Å². The maximum atomic E-state index is 5.35. The minimum atomic E-state index is 0.655. The van der Waals surface area contributed by atoms with E-state index >= 15 is 0 Å². The first-order valence-corrected chi connectivity index (χ1v) is 7.08. The first-order chi connectivity index (χ1) is 8.70. The van der Waals surface area contributed by atoms with Crippen molar-refractivity contribution in [1.82, 2.24) is 5.32 Å². The second-order valence-electron chi connectivity index (χ2n) is 5.71. The van der Waals surface area contributed by atoms with Crippen molar-refractivity contribution < 1.29 is 4.74 Å². The second kappa shape index (κ2) is 6.24. The molecule has 0 aromatic heterocycles. The van der Waals surface area contributed by atoms with Crippen LogP contribution in [0.5, 0.6) is 5.75 Å². The van der Waals surface area contributed by atoms with Crippen molar-refractivity contribution in [2.75, 3.05) is 20.2 Å². The summed E-state index contributed by atoms with van der Waals surface area (Å²) in [6.07, 6.45) is 3.83. The van der Waals surface area contributed by atoms with Gasteiger partial charge in [-0.15, -0.1) is 0 Å². The average molecular weight is 247 g/mol. The zero-order valence-electron chi connectivity index (χ0n) is 11.8. The predicted molar refractivity (Wildman–Crippen MR) is 76.4 cm³/mol. The Labute approximate surface area is 111 Å². The number of hydrogen-bond acceptors (Lipinski definition) is 2. The molecule has 0 saturated carbocycles. The Morgan fingerprint density at radius 1 is 1.39 bits per heavy atom. The van der Waals surface area contributed by atoms with Crippen molar-refractivity contribution in [2.24, 2.45) is 5.92 Å². The molecule has 100 valence electrons. The van der Waals surface area contributed by atoms with Crippen molar-refractivity contribution in [3.05, 3.63) is 29.3 Å². The van der Waals surface area contributed by atoms with Crippen LogP contribution in [0.1, 0.15) is 43.7 Å². The van der Waals surface area contributed by atoms with E-state index in [0.29, 0.717) is 5.92 Å². The van der Waals surface area contributed by atoms with Gasteiger partial charge in [0.05, 0.1) is 7.11 Å². The van der Waals surface area contributed by atoms with E-state index in [1.807, 2.05) is 0 Å². The van der Waals surface area contributed by atoms with Crippen LogP contribution in [0.4, 0.5) is 0 Å². The number of aryl methyl sites for hydroxylation is 1. The quantitative estimate of drug-likeness (QED) is 0.861. The van der Waals surface area contributed by atoms with E-state index in [1.54, 1.807) is 7.11 Å². The zero-order valence-corrected chi connectivity index (χ0v) is 11.8. The van der Waals surface area contributed by atoms with Gasteiger partial charge >= 0.3 is 0 Å². The van der Waals surface area contributed by atoms with Crippen LogP contribution in [-0.4, -0.2) is 20.2 Å². The van der Waals surface area contributed by atoms with E-state index in [2.05, 4.69) is 37.4 Å². The summed E-state index contributed by atoms with van der Waals surface area (Å²) in [5.74, 6) is 2.37. The molecule has 0 heterocycles. The summed E-state index contributed by atoms with van der Waals surface area (Å²) in [6, 6.07) is 6.56. The molecule has 1 aromatic rings. The molecule has 0 bridgehead atoms. The number of fused-ring (bicyclic) bond motifs is 1. The number of benzene rings is 1. The van der Waals surface area contributed by atoms with Gasteiger partial charge in [0, 0.05) is 6.54 Å². The molecule has 1 aliphatic carbocycles. The monoisotopic (exact) mass is 247 g/mol. The molecule has 1 N–H and O–H groups in total. The van der Waals surface area contributed by atoms with E-state index in [0.717, 1.165) is 24.8 Å². The summed E-state index contributed by atoms with van der Waals surface area (Å²) in [4.78, 5) is 0. The predicted octanol–water partition coefficient (Wildman–Crippen LogP) is 3.36. The third kappa shape index (κ3) is 3.26. The Hall–Kier alpha value is -1.02. The molecule has 1 atom stereocenters. The third-order valence-electron chi connectivity index (χ3n) is 3.73. The van der Waals surface area contributed by atoms with Crippen LogP contribution in [0, 0.1) is 5.92 Å². The minimum absolute atomic E-state index is 0.655. The highest BCUT2D eigenvalue weighted by molar-refractivity contribution is 5.39. The van der Waals surface area contributed by atoms with Crippen molar-refractivity contribution in [2.45, 2.75) is 39.0 Å². The molecule has 1 aromatic carbocycles. The lowest BCUT2D eigenvalue weighted by Crippen LogP contribution is -2.27. The van der Waals surface area contributed by atoms with Gasteiger partial charge in [-0.3, -0.25) is 0 Å². The minimum Gasteiger partial charge on any atom is -0.497 e. The van der Waals surface area contributed by atoms with Crippen LogP contribution < -0.4 is 10.1 Å². The van der Waals surface area contributed by atoms with Gasteiger partial charge in [-0.2, -0.15) is 0 Å². The maximum Gasteiger partial charge on any atom is 0.119 e. The lowest BCUT2D eigenvalue weighted by Gasteiger charge is -2.26. The first-order valence-electron chi connectivity index (χ1n) is 7.08. The first kappa shape index (κ1) is 13.4. The summed E-state index contributed by atoms with van der Waals surface area (Å²) >= 11 is 0. The van der Waals surface area contributed by atoms with Crippen molar-refractivity contribution >= 4 is 0 Å². The fourth-order valence-electron chi connectivity index (χ4n) is 2.76. The van der Waals surface area contributed by atoms with Crippen molar-refractivity contribution in [3.63, 3.8) is 0 Å². The molecular weight excluding hydrogens is 222 g/mol. The van der Waals surface area contributed by atoms with Gasteiger partial charge in [-0.1, -0.05) is 19.9 Å². The lowest BCUT2D eigenvalue weighted by molar-refractivity contribution is 0.411. The molecule has 0 spiro atoms. The van der Waals surface area contributed by atoms with Crippen LogP contribution in [0.25, 0.3) is 0 Å². The molecule has 0 radical (unpaired) electrons. The fourth-order valence-corrected chi connectivity index (χ4v) is 2.76. The molecule has 0 amide bonds. The van der Waals surface area contributed by atoms with Gasteiger partial charge in [-0.25, -0.2) is 0 Å². The van der Waals surface area contributed by atoms with E-state index in [1.165, 1.54) is 30.4 Å². The SMILES string of the molecule is COc1ccc2c(c1)C(CNCC(C)C)CCC2. The van der Waals surface area contributed by atoms with Gasteiger partial charge in [0.25, 0.3) is 0 Å². The maximum absolute atomic E-state index is 5.35. The molecule has 1 aliphatic rings. The summed E-state index contributed by atoms with van der Waals surface area (Å²) in [7, 11) is 1.75. The second-order valence-corrected chi connectivity index (χ2v) is 5.71. The van der Waals surface area contributed by atoms with Crippen LogP contribution in [0.3, 0.4) is 0 Å². The molecule has 18 heavy (non-hydrogen) atoms. The Bertz CT molecular complexity index is 387. The number of ether oxygens (including phenoxy) is 1. The number of methoxy groups -OCH3 is 1. The summed E-state index contributed by atoms with van der Waals surface area (Å²) < 4.78 is 5.35. The van der Waals surface area contributed by atoms with Gasteiger partial charge in [0.15, 0.2) is 0 Å². The topological polar surface area (TPSA) is 21.3 Å². The molecule has 2 rings (SSSR count). The van der Waals surface area contributed by atoms with E-state index in [4.69, 9.17) is 4.74 Å². The van der Waals surface area contributed by atoms with Gasteiger partial charge in [0.1, 0.15) is 5.75 Å². The molecule has 2 heteroatoms. The van der Waals surface area contributed by atoms with Crippen LogP contribution in [-0.2, 0) is 6.42 Å². The normalized spacial score (nSPS) is 18.8. The summed E-state index contributed by atoms with van der Waals surface area (Å²) in [5.41, 5.74) is 3.01. The van der Waals surface area contributed by atoms with E-state index < -0.39 is 0 Å². The molecule has 0 fully saturated rings. The van der Waals surface area contributed by atoms with Crippen LogP contribution >= 0.6 is 0 Å². The van der Waals surface area contributed by atoms with Crippen molar-refractivity contribution in [1.29, 1.82) is 0 Å². The largest absolute Gasteiger partial charge is 0.497 e. The summed E-state index contributed by atoms with van der Waals surface area (Å²) in [6.45, 7) is 6.71. The number of rotatable bonds is 5. The number of nitrogens with one attached hydrogen (secondary N) is 1. The Morgan fingerprint density at radius 2 is 2.22 bits per heavy atom. The molecule has 0 aliphatic heterocycles. The van der Waals surface area contributed by atoms with Crippen LogP contribution in [0.15, 0.2) is 18.2 Å². The standard InChI is InChI=1S/C16H25NO/c1-12(2)10-17-11-14-6-4-5-13-7-8-15(18-3)9-16(13)14/h7-9,12,14,17H,4-6,10-11H2,1-3H3. The highest BCUT2D eigenvalue weighted by atomic mass is 16.5. The van der Waals surface area contributed by atoms with Gasteiger partial charge in [0.2, 0.25) is 0 Å². The van der Waals surface area contributed by atoms with Crippen LogP contribution in [0.2, 0.25) is 0 Å². The Morgan fingerprint density at radius 3 is 2.94 bits per heavy atom. The van der Waals surface area contributed by atoms with Gasteiger partial charge < -0.3 is 10.1 Å². The molecular formula is C16H25NO. The highest BCUT2D eigenvalue weighted by Crippen LogP contribution is 2.33. The zero-order chi connectivity index (χ0) is 13.0. The Kier molecular flexibility index (Phi) is 4.65. The van der Waals surface area contributed by atoms with E-state index in [9.17, 15) is 0 Å². The molecule has 1 unspecified atom stereocenters. The molecule has 0 saturated heterocycles. The summed E-state index contributed by atoms with van der Waals surface area (Å²) in [5, 5.41) is 3.59. The average Bonchev–Trinajstić information content (AvgIpc) is 2.38. The van der Waals surface area contributed by atoms with Gasteiger partial charge in [-0.05, 0) is 60.9 Å². The molecule has 2 nitrogen and oxygen atoms in total. The van der Waals surface area contributed by atoms with E-state index in [-0.39, 0.29) is 0 Å².